The summed E-state index contributed by atoms with van der Waals surface area (Å²) in [4.78, 5) is 28.3. The molecule has 1 aromatic carbocycles. The highest BCUT2D eigenvalue weighted by atomic mass is 35.5. The molecule has 160 valence electrons. The summed E-state index contributed by atoms with van der Waals surface area (Å²) >= 11 is 0. The van der Waals surface area contributed by atoms with Crippen molar-refractivity contribution in [2.45, 2.75) is 32.2 Å². The largest absolute Gasteiger partial charge is 0.354 e. The molecule has 0 bridgehead atoms. The van der Waals surface area contributed by atoms with Gasteiger partial charge < -0.3 is 20.9 Å². The Labute approximate surface area is 181 Å². The van der Waals surface area contributed by atoms with Gasteiger partial charge in [-0.3, -0.25) is 9.59 Å². The lowest BCUT2D eigenvalue weighted by molar-refractivity contribution is -0.129. The summed E-state index contributed by atoms with van der Waals surface area (Å²) in [5, 5.41) is 2.91. The SMILES string of the molecule is CC(C)c1ccc(C(N)CNC(=O)C2CC(=O)N(CCN(C)C)C2)cc1.Cl.Cl. The zero-order valence-electron chi connectivity index (χ0n) is 17.2. The Bertz CT molecular complexity index is 623. The van der Waals surface area contributed by atoms with Crippen molar-refractivity contribution < 1.29 is 9.59 Å². The number of likely N-dealkylation sites (N-methyl/N-ethyl adjacent to an activating group) is 1. The van der Waals surface area contributed by atoms with E-state index in [1.54, 1.807) is 4.90 Å². The van der Waals surface area contributed by atoms with Gasteiger partial charge in [-0.1, -0.05) is 38.1 Å². The third-order valence-electron chi connectivity index (χ3n) is 4.93. The number of benzene rings is 1. The summed E-state index contributed by atoms with van der Waals surface area (Å²) in [5.41, 5.74) is 8.48. The molecule has 1 aliphatic rings. The van der Waals surface area contributed by atoms with E-state index in [9.17, 15) is 9.59 Å². The molecule has 2 rings (SSSR count). The van der Waals surface area contributed by atoms with Crippen LogP contribution in [0, 0.1) is 5.92 Å². The van der Waals surface area contributed by atoms with Crippen molar-refractivity contribution in [3.63, 3.8) is 0 Å². The molecule has 0 aliphatic carbocycles. The summed E-state index contributed by atoms with van der Waals surface area (Å²) in [6, 6.07) is 7.96. The van der Waals surface area contributed by atoms with E-state index >= 15 is 0 Å². The van der Waals surface area contributed by atoms with Gasteiger partial charge in [0.1, 0.15) is 0 Å². The van der Waals surface area contributed by atoms with E-state index in [0.29, 0.717) is 25.6 Å². The number of amides is 2. The van der Waals surface area contributed by atoms with Crippen molar-refractivity contribution in [2.24, 2.45) is 11.7 Å². The standard InChI is InChI=1S/C20H32N4O2.2ClH/c1-14(2)15-5-7-16(8-6-15)18(21)12-22-20(26)17-11-19(25)24(13-17)10-9-23(3)4;;/h5-8,14,17-18H,9-13,21H2,1-4H3,(H,22,26);2*1H. The fourth-order valence-electron chi connectivity index (χ4n) is 3.09. The number of hydrogen-bond donors (Lipinski definition) is 2. The molecular formula is C20H34Cl2N4O2. The molecule has 1 heterocycles. The van der Waals surface area contributed by atoms with E-state index in [-0.39, 0.29) is 55.0 Å². The fourth-order valence-corrected chi connectivity index (χ4v) is 3.09. The minimum absolute atomic E-state index is 0. The van der Waals surface area contributed by atoms with Crippen LogP contribution in [0.2, 0.25) is 0 Å². The topological polar surface area (TPSA) is 78.7 Å². The number of nitrogens with one attached hydrogen (secondary N) is 1. The first kappa shape index (κ1) is 26.7. The highest BCUT2D eigenvalue weighted by molar-refractivity contribution is 5.89. The van der Waals surface area contributed by atoms with Gasteiger partial charge in [-0.2, -0.15) is 0 Å². The van der Waals surface area contributed by atoms with E-state index in [1.807, 2.05) is 31.1 Å². The second-order valence-electron chi connectivity index (χ2n) is 7.72. The highest BCUT2D eigenvalue weighted by Crippen LogP contribution is 2.19. The molecular weight excluding hydrogens is 399 g/mol. The van der Waals surface area contributed by atoms with Crippen LogP contribution in [0.1, 0.15) is 43.4 Å². The van der Waals surface area contributed by atoms with Crippen molar-refractivity contribution in [3.05, 3.63) is 35.4 Å². The number of hydrogen-bond acceptors (Lipinski definition) is 4. The first-order valence-electron chi connectivity index (χ1n) is 9.33. The maximum absolute atomic E-state index is 12.4. The van der Waals surface area contributed by atoms with Crippen LogP contribution in [-0.4, -0.2) is 61.9 Å². The van der Waals surface area contributed by atoms with Crippen LogP contribution in [-0.2, 0) is 9.59 Å². The van der Waals surface area contributed by atoms with Gasteiger partial charge in [0.15, 0.2) is 0 Å². The van der Waals surface area contributed by atoms with Crippen LogP contribution >= 0.6 is 24.8 Å². The van der Waals surface area contributed by atoms with E-state index in [0.717, 1.165) is 12.1 Å². The minimum atomic E-state index is -0.278. The summed E-state index contributed by atoms with van der Waals surface area (Å²) in [6.07, 6.45) is 0.289. The lowest BCUT2D eigenvalue weighted by atomic mass is 9.99. The van der Waals surface area contributed by atoms with Crippen LogP contribution in [0.5, 0.6) is 0 Å². The Hall–Kier alpha value is -1.34. The molecule has 6 nitrogen and oxygen atoms in total. The van der Waals surface area contributed by atoms with Gasteiger partial charge in [0.05, 0.1) is 5.92 Å². The molecule has 1 saturated heterocycles. The highest BCUT2D eigenvalue weighted by Gasteiger charge is 2.34. The summed E-state index contributed by atoms with van der Waals surface area (Å²) in [7, 11) is 3.94. The predicted molar refractivity (Wildman–Crippen MR) is 118 cm³/mol. The summed E-state index contributed by atoms with van der Waals surface area (Å²) in [5.74, 6) is 0.177. The fraction of sp³-hybridized carbons (Fsp3) is 0.600. The van der Waals surface area contributed by atoms with Crippen molar-refractivity contribution in [1.82, 2.24) is 15.1 Å². The molecule has 1 aromatic rings. The molecule has 3 N–H and O–H groups in total. The smallest absolute Gasteiger partial charge is 0.225 e. The zero-order chi connectivity index (χ0) is 19.3. The minimum Gasteiger partial charge on any atom is -0.354 e. The molecule has 0 aromatic heterocycles. The van der Waals surface area contributed by atoms with Crippen LogP contribution in [0.4, 0.5) is 0 Å². The number of halogens is 2. The molecule has 0 saturated carbocycles. The molecule has 0 spiro atoms. The van der Waals surface area contributed by atoms with E-state index < -0.39 is 0 Å². The first-order chi connectivity index (χ1) is 12.3. The van der Waals surface area contributed by atoms with Gasteiger partial charge in [0.25, 0.3) is 0 Å². The first-order valence-corrected chi connectivity index (χ1v) is 9.33. The van der Waals surface area contributed by atoms with Crippen molar-refractivity contribution in [1.29, 1.82) is 0 Å². The number of nitrogens with zero attached hydrogens (tertiary/aromatic N) is 2. The average Bonchev–Trinajstić information content (AvgIpc) is 2.98. The molecule has 2 atom stereocenters. The Balaban J connectivity index is 0.00000364. The molecule has 8 heteroatoms. The van der Waals surface area contributed by atoms with Gasteiger partial charge in [0, 0.05) is 38.6 Å². The molecule has 28 heavy (non-hydrogen) atoms. The quantitative estimate of drug-likeness (QED) is 0.659. The number of rotatable bonds is 8. The van der Waals surface area contributed by atoms with E-state index in [1.165, 1.54) is 5.56 Å². The number of carbonyl (C=O) groups is 2. The second kappa shape index (κ2) is 12.3. The number of likely N-dealkylation sites (tertiary alicyclic amines) is 1. The van der Waals surface area contributed by atoms with E-state index in [4.69, 9.17) is 5.73 Å². The van der Waals surface area contributed by atoms with Crippen LogP contribution in [0.15, 0.2) is 24.3 Å². The van der Waals surface area contributed by atoms with Crippen molar-refractivity contribution in [3.8, 4) is 0 Å². The summed E-state index contributed by atoms with van der Waals surface area (Å²) < 4.78 is 0. The van der Waals surface area contributed by atoms with Crippen LogP contribution < -0.4 is 11.1 Å². The van der Waals surface area contributed by atoms with Gasteiger partial charge in [-0.05, 0) is 31.1 Å². The molecule has 1 fully saturated rings. The lowest BCUT2D eigenvalue weighted by Crippen LogP contribution is -2.38. The van der Waals surface area contributed by atoms with Crippen molar-refractivity contribution >= 4 is 36.6 Å². The number of nitrogens with two attached hydrogens (primary N) is 1. The molecule has 0 radical (unpaired) electrons. The van der Waals surface area contributed by atoms with Crippen LogP contribution in [0.3, 0.4) is 0 Å². The number of carbonyl (C=O) groups excluding carboxylic acids is 2. The Morgan fingerprint density at radius 2 is 1.79 bits per heavy atom. The Morgan fingerprint density at radius 1 is 1.21 bits per heavy atom. The zero-order valence-corrected chi connectivity index (χ0v) is 18.8. The van der Waals surface area contributed by atoms with Gasteiger partial charge in [0.2, 0.25) is 11.8 Å². The third kappa shape index (κ3) is 7.59. The van der Waals surface area contributed by atoms with Crippen LogP contribution in [0.25, 0.3) is 0 Å². The Kier molecular flexibility index (Phi) is 11.7. The van der Waals surface area contributed by atoms with Gasteiger partial charge in [-0.15, -0.1) is 24.8 Å². The second-order valence-corrected chi connectivity index (χ2v) is 7.72. The Morgan fingerprint density at radius 3 is 2.32 bits per heavy atom. The van der Waals surface area contributed by atoms with Gasteiger partial charge in [-0.25, -0.2) is 0 Å². The third-order valence-corrected chi connectivity index (χ3v) is 4.93. The maximum Gasteiger partial charge on any atom is 0.225 e. The van der Waals surface area contributed by atoms with Crippen molar-refractivity contribution in [2.75, 3.05) is 40.3 Å². The van der Waals surface area contributed by atoms with Gasteiger partial charge >= 0.3 is 0 Å². The predicted octanol–water partition coefficient (Wildman–Crippen LogP) is 2.18. The van der Waals surface area contributed by atoms with E-state index in [2.05, 4.69) is 31.3 Å². The maximum atomic E-state index is 12.4. The average molecular weight is 433 g/mol. The monoisotopic (exact) mass is 432 g/mol. The normalized spacial score (nSPS) is 17.3. The molecule has 2 unspecified atom stereocenters. The lowest BCUT2D eigenvalue weighted by Gasteiger charge is -2.19. The molecule has 2 amide bonds. The summed E-state index contributed by atoms with van der Waals surface area (Å²) in [6.45, 7) is 6.65. The molecule has 1 aliphatic heterocycles.